The van der Waals surface area contributed by atoms with Gasteiger partial charge in [-0.3, -0.25) is 4.79 Å². The average Bonchev–Trinajstić information content (AvgIpc) is 3.23. The molecule has 0 spiro atoms. The molecule has 172 valence electrons. The molecule has 0 atom stereocenters. The molecular formula is C28H21N3O4. The summed E-state index contributed by atoms with van der Waals surface area (Å²) in [7, 11) is 0. The molecule has 35 heavy (non-hydrogen) atoms. The third kappa shape index (κ3) is 4.37. The molecule has 0 saturated carbocycles. The van der Waals surface area contributed by atoms with Crippen LogP contribution in [0.3, 0.4) is 0 Å². The molecular weight excluding hydrogens is 442 g/mol. The minimum absolute atomic E-state index is 0.0944. The van der Waals surface area contributed by atoms with Gasteiger partial charge in [0.15, 0.2) is 23.2 Å². The van der Waals surface area contributed by atoms with Crippen molar-refractivity contribution in [1.29, 1.82) is 5.26 Å². The number of hydrogen-bond donors (Lipinski definition) is 2. The van der Waals surface area contributed by atoms with E-state index in [9.17, 15) is 9.90 Å². The molecule has 0 amide bonds. The summed E-state index contributed by atoms with van der Waals surface area (Å²) in [5.41, 5.74) is 3.88. The summed E-state index contributed by atoms with van der Waals surface area (Å²) in [6.07, 6.45) is 10.7. The predicted octanol–water partition coefficient (Wildman–Crippen LogP) is 6.07. The van der Waals surface area contributed by atoms with Crippen molar-refractivity contribution >= 4 is 28.1 Å². The molecule has 1 aliphatic heterocycles. The molecule has 2 N–H and O–H groups in total. The Balaban J connectivity index is 1.65. The molecule has 0 radical (unpaired) electrons. The number of rotatable bonds is 5. The number of Topliss-reactive ketones (excluding diaryl/α,β-unsaturated/α-hetero) is 1. The zero-order valence-corrected chi connectivity index (χ0v) is 18.9. The van der Waals surface area contributed by atoms with Crippen LogP contribution >= 0.6 is 0 Å². The van der Waals surface area contributed by atoms with Crippen LogP contribution in [0.2, 0.25) is 0 Å². The Morgan fingerprint density at radius 1 is 1.17 bits per heavy atom. The number of H-pyrrole nitrogens is 1. The van der Waals surface area contributed by atoms with E-state index in [-0.39, 0.29) is 11.7 Å². The third-order valence-electron chi connectivity index (χ3n) is 5.79. The van der Waals surface area contributed by atoms with Crippen LogP contribution in [0.25, 0.3) is 10.9 Å². The number of carbonyl (C=O) groups excluding carboxylic acids is 1. The van der Waals surface area contributed by atoms with E-state index in [4.69, 9.17) is 19.7 Å². The molecule has 7 nitrogen and oxygen atoms in total. The first-order chi connectivity index (χ1) is 17.0. The topological polar surface area (TPSA) is 108 Å². The zero-order chi connectivity index (χ0) is 24.4. The lowest BCUT2D eigenvalue weighted by Gasteiger charge is -2.20. The van der Waals surface area contributed by atoms with Gasteiger partial charge in [-0.2, -0.15) is 5.26 Å². The fourth-order valence-corrected chi connectivity index (χ4v) is 3.99. The largest absolute Gasteiger partial charge is 0.494 e. The number of fused-ring (bicyclic) bond motifs is 1. The van der Waals surface area contributed by atoms with E-state index < -0.39 is 0 Å². The number of hydrogen-bond acceptors (Lipinski definition) is 6. The molecule has 0 fully saturated rings. The number of carbonyl (C=O) groups is 1. The van der Waals surface area contributed by atoms with Gasteiger partial charge in [0.1, 0.15) is 18.2 Å². The number of aromatic nitrogens is 1. The van der Waals surface area contributed by atoms with Gasteiger partial charge < -0.3 is 19.6 Å². The Kier molecular flexibility index (Phi) is 5.78. The number of nitrogens with one attached hydrogen (secondary N) is 1. The van der Waals surface area contributed by atoms with Crippen LogP contribution in [0.4, 0.5) is 5.69 Å². The molecule has 7 heteroatoms. The van der Waals surface area contributed by atoms with Crippen LogP contribution in [0.15, 0.2) is 95.3 Å². The molecule has 3 aromatic rings. The number of aromatic amines is 1. The first-order valence-electron chi connectivity index (χ1n) is 11.1. The quantitative estimate of drug-likeness (QED) is 0.352. The van der Waals surface area contributed by atoms with Gasteiger partial charge in [0.05, 0.1) is 22.9 Å². The number of allylic oxidation sites excluding steroid dienone is 5. The smallest absolute Gasteiger partial charge is 0.199 e. The van der Waals surface area contributed by atoms with Crippen molar-refractivity contribution in [3.8, 4) is 11.9 Å². The molecule has 0 saturated heterocycles. The summed E-state index contributed by atoms with van der Waals surface area (Å²) in [5.74, 6) is 0.645. The number of nitriles is 1. The first-order valence-corrected chi connectivity index (χ1v) is 11.1. The van der Waals surface area contributed by atoms with Crippen molar-refractivity contribution in [2.24, 2.45) is 4.99 Å². The number of aliphatic imine (C=N–C) groups is 1. The highest BCUT2D eigenvalue weighted by molar-refractivity contribution is 6.21. The molecule has 0 bridgehead atoms. The van der Waals surface area contributed by atoms with Crippen molar-refractivity contribution in [3.05, 3.63) is 107 Å². The SMILES string of the molecule is CC(=O)c1ccc2[nH]c(O)c(C(=Nc3ccc(C#N)cc3)C3=COC=C(C4=CC=CCC4)O3)c2c1. The number of ketones is 1. The van der Waals surface area contributed by atoms with E-state index in [1.165, 1.54) is 19.4 Å². The van der Waals surface area contributed by atoms with Gasteiger partial charge in [-0.05, 0) is 67.8 Å². The molecule has 2 aliphatic rings. The summed E-state index contributed by atoms with van der Waals surface area (Å²) in [6, 6.07) is 14.0. The van der Waals surface area contributed by atoms with Crippen LogP contribution in [-0.2, 0) is 9.47 Å². The number of benzene rings is 2. The Morgan fingerprint density at radius 3 is 2.71 bits per heavy atom. The van der Waals surface area contributed by atoms with Gasteiger partial charge >= 0.3 is 0 Å². The Morgan fingerprint density at radius 2 is 2.00 bits per heavy atom. The van der Waals surface area contributed by atoms with Crippen LogP contribution in [-0.4, -0.2) is 21.6 Å². The van der Waals surface area contributed by atoms with Gasteiger partial charge in [0, 0.05) is 16.5 Å². The highest BCUT2D eigenvalue weighted by Crippen LogP contribution is 2.35. The summed E-state index contributed by atoms with van der Waals surface area (Å²) in [4.78, 5) is 19.8. The second-order valence-electron chi connectivity index (χ2n) is 8.15. The maximum absolute atomic E-state index is 12.0. The second-order valence-corrected chi connectivity index (χ2v) is 8.15. The molecule has 1 aliphatic carbocycles. The highest BCUT2D eigenvalue weighted by Gasteiger charge is 2.26. The highest BCUT2D eigenvalue weighted by atomic mass is 16.5. The zero-order valence-electron chi connectivity index (χ0n) is 18.9. The van der Waals surface area contributed by atoms with E-state index in [1.807, 2.05) is 12.2 Å². The average molecular weight is 463 g/mol. The van der Waals surface area contributed by atoms with Crippen molar-refractivity contribution in [2.45, 2.75) is 19.8 Å². The number of ether oxygens (including phenoxy) is 2. The monoisotopic (exact) mass is 463 g/mol. The van der Waals surface area contributed by atoms with Crippen LogP contribution in [0.1, 0.15) is 41.3 Å². The summed E-state index contributed by atoms with van der Waals surface area (Å²) >= 11 is 0. The Labute approximate surface area is 201 Å². The lowest BCUT2D eigenvalue weighted by atomic mass is 10.0. The van der Waals surface area contributed by atoms with Crippen molar-refractivity contribution in [3.63, 3.8) is 0 Å². The minimum Gasteiger partial charge on any atom is -0.494 e. The predicted molar refractivity (Wildman–Crippen MR) is 132 cm³/mol. The van der Waals surface area contributed by atoms with E-state index in [0.717, 1.165) is 18.4 Å². The molecule has 2 aromatic carbocycles. The summed E-state index contributed by atoms with van der Waals surface area (Å²) in [5, 5.41) is 20.7. The van der Waals surface area contributed by atoms with Gasteiger partial charge in [-0.25, -0.2) is 4.99 Å². The fraction of sp³-hybridized carbons (Fsp3) is 0.107. The maximum atomic E-state index is 12.0. The summed E-state index contributed by atoms with van der Waals surface area (Å²) in [6.45, 7) is 1.49. The van der Waals surface area contributed by atoms with Gasteiger partial charge in [-0.15, -0.1) is 0 Å². The van der Waals surface area contributed by atoms with E-state index in [0.29, 0.717) is 50.5 Å². The standard InChI is InChI=1S/C28H21N3O4/c1-17(32)20-9-12-23-22(13-20)26(28(33)31-23)27(30-21-10-7-18(14-29)8-11-21)25-16-34-15-24(35-25)19-5-3-2-4-6-19/h2-3,5,7-13,15-16,31,33H,4,6H2,1H3. The fourth-order valence-electron chi connectivity index (χ4n) is 3.99. The minimum atomic E-state index is -0.117. The van der Waals surface area contributed by atoms with Crippen molar-refractivity contribution in [2.75, 3.05) is 0 Å². The molecule has 5 rings (SSSR count). The van der Waals surface area contributed by atoms with Gasteiger partial charge in [0.25, 0.3) is 0 Å². The van der Waals surface area contributed by atoms with Crippen LogP contribution in [0.5, 0.6) is 5.88 Å². The lowest BCUT2D eigenvalue weighted by molar-refractivity contribution is 0.101. The Hall–Kier alpha value is -4.83. The maximum Gasteiger partial charge on any atom is 0.199 e. The normalized spacial score (nSPS) is 15.4. The summed E-state index contributed by atoms with van der Waals surface area (Å²) < 4.78 is 11.9. The second kappa shape index (κ2) is 9.20. The van der Waals surface area contributed by atoms with Gasteiger partial charge in [0.2, 0.25) is 0 Å². The van der Waals surface area contributed by atoms with E-state index in [1.54, 1.807) is 42.5 Å². The molecule has 1 aromatic heterocycles. The van der Waals surface area contributed by atoms with Crippen LogP contribution in [0, 0.1) is 11.3 Å². The molecule has 0 unspecified atom stereocenters. The molecule has 2 heterocycles. The third-order valence-corrected chi connectivity index (χ3v) is 5.79. The van der Waals surface area contributed by atoms with E-state index >= 15 is 0 Å². The van der Waals surface area contributed by atoms with Crippen LogP contribution < -0.4 is 0 Å². The van der Waals surface area contributed by atoms with Gasteiger partial charge in [-0.1, -0.05) is 18.2 Å². The first kappa shape index (κ1) is 22.0. The number of aromatic hydroxyl groups is 1. The number of nitrogens with zero attached hydrogens (tertiary/aromatic N) is 2. The van der Waals surface area contributed by atoms with Crippen molar-refractivity contribution in [1.82, 2.24) is 4.98 Å². The van der Waals surface area contributed by atoms with Crippen molar-refractivity contribution < 1.29 is 19.4 Å². The van der Waals surface area contributed by atoms with E-state index in [2.05, 4.69) is 17.1 Å². The lowest BCUT2D eigenvalue weighted by Crippen LogP contribution is -2.13. The Bertz CT molecular complexity index is 1530.